The number of carbonyl (C=O) groups excluding carboxylic acids is 1. The van der Waals surface area contributed by atoms with Crippen molar-refractivity contribution in [3.05, 3.63) is 28.8 Å². The molecule has 3 N–H and O–H groups in total. The van der Waals surface area contributed by atoms with Crippen LogP contribution >= 0.6 is 11.6 Å². The lowest BCUT2D eigenvalue weighted by molar-refractivity contribution is 0.112. The molecule has 0 unspecified atom stereocenters. The van der Waals surface area contributed by atoms with Gasteiger partial charge in [-0.2, -0.15) is 0 Å². The van der Waals surface area contributed by atoms with Gasteiger partial charge in [-0.25, -0.2) is 0 Å². The van der Waals surface area contributed by atoms with Gasteiger partial charge in [0.2, 0.25) is 0 Å². The van der Waals surface area contributed by atoms with E-state index >= 15 is 0 Å². The highest BCUT2D eigenvalue weighted by atomic mass is 35.5. The molecule has 1 aromatic rings. The van der Waals surface area contributed by atoms with Gasteiger partial charge in [0.15, 0.2) is 0 Å². The Morgan fingerprint density at radius 2 is 2.08 bits per heavy atom. The molecular weight excluding hydrogens is 178 g/mol. The minimum absolute atomic E-state index is 0.421. The number of aliphatic hydroxyl groups is 1. The summed E-state index contributed by atoms with van der Waals surface area (Å²) in [6, 6.07) is 4.75. The van der Waals surface area contributed by atoms with Crippen molar-refractivity contribution in [2.24, 2.45) is 0 Å². The molecule has 3 nitrogen and oxygen atoms in total. The van der Waals surface area contributed by atoms with Crippen LogP contribution in [-0.2, 0) is 0 Å². The molecule has 12 heavy (non-hydrogen) atoms. The van der Waals surface area contributed by atoms with E-state index in [1.807, 2.05) is 0 Å². The Hall–Kier alpha value is -1.06. The van der Waals surface area contributed by atoms with Crippen LogP contribution in [0.4, 0.5) is 5.69 Å². The first kappa shape index (κ1) is 10.9. The second-order valence-electron chi connectivity index (χ2n) is 1.90. The van der Waals surface area contributed by atoms with Gasteiger partial charge in [0, 0.05) is 12.7 Å². The number of benzene rings is 1. The average Bonchev–Trinajstić information content (AvgIpc) is 2.13. The van der Waals surface area contributed by atoms with Crippen LogP contribution in [0.1, 0.15) is 10.4 Å². The minimum atomic E-state index is 0.421. The number of nitrogens with two attached hydrogens (primary N) is 1. The largest absolute Gasteiger partial charge is 0.400 e. The van der Waals surface area contributed by atoms with Crippen molar-refractivity contribution in [2.75, 3.05) is 12.8 Å². The monoisotopic (exact) mass is 187 g/mol. The van der Waals surface area contributed by atoms with Crippen LogP contribution in [0, 0.1) is 0 Å². The van der Waals surface area contributed by atoms with Crippen molar-refractivity contribution in [3.8, 4) is 0 Å². The summed E-state index contributed by atoms with van der Waals surface area (Å²) in [4.78, 5) is 10.2. The van der Waals surface area contributed by atoms with Gasteiger partial charge in [-0.05, 0) is 18.2 Å². The predicted octanol–water partition coefficient (Wildman–Crippen LogP) is 1.34. The maximum absolute atomic E-state index is 10.2. The van der Waals surface area contributed by atoms with Crippen molar-refractivity contribution in [1.82, 2.24) is 0 Å². The zero-order valence-corrected chi connectivity index (χ0v) is 7.38. The fraction of sp³-hybridized carbons (Fsp3) is 0.125. The maximum Gasteiger partial charge on any atom is 0.150 e. The van der Waals surface area contributed by atoms with Crippen LogP contribution < -0.4 is 5.73 Å². The Morgan fingerprint density at radius 1 is 1.50 bits per heavy atom. The average molecular weight is 188 g/mol. The molecule has 0 aromatic heterocycles. The number of nitrogen functional groups attached to an aromatic ring is 1. The zero-order chi connectivity index (χ0) is 9.56. The fourth-order valence-corrected chi connectivity index (χ4v) is 0.806. The molecule has 0 saturated heterocycles. The second kappa shape index (κ2) is 5.57. The Kier molecular flexibility index (Phi) is 5.08. The van der Waals surface area contributed by atoms with Crippen LogP contribution in [0.2, 0.25) is 5.02 Å². The molecule has 4 heteroatoms. The normalized spacial score (nSPS) is 8.25. The fourth-order valence-electron chi connectivity index (χ4n) is 0.617. The van der Waals surface area contributed by atoms with Crippen LogP contribution in [-0.4, -0.2) is 18.5 Å². The Bertz CT molecular complexity index is 263. The second-order valence-corrected chi connectivity index (χ2v) is 2.31. The first-order valence-electron chi connectivity index (χ1n) is 3.19. The Labute approximate surface area is 75.8 Å². The molecule has 0 amide bonds. The van der Waals surface area contributed by atoms with E-state index in [0.717, 1.165) is 13.4 Å². The summed E-state index contributed by atoms with van der Waals surface area (Å²) in [6.45, 7) is 0. The van der Waals surface area contributed by atoms with Crippen molar-refractivity contribution >= 4 is 23.6 Å². The highest BCUT2D eigenvalue weighted by Gasteiger charge is 1.95. The summed E-state index contributed by atoms with van der Waals surface area (Å²) in [5.41, 5.74) is 6.43. The molecule has 1 rings (SSSR count). The molecule has 0 aliphatic carbocycles. The lowest BCUT2D eigenvalue weighted by atomic mass is 10.2. The molecular formula is C8H10ClNO2. The van der Waals surface area contributed by atoms with Gasteiger partial charge >= 0.3 is 0 Å². The minimum Gasteiger partial charge on any atom is -0.400 e. The molecule has 0 aliphatic rings. The van der Waals surface area contributed by atoms with Crippen LogP contribution in [0.3, 0.4) is 0 Å². The number of carbonyl (C=O) groups is 1. The van der Waals surface area contributed by atoms with Crippen LogP contribution in [0.15, 0.2) is 18.2 Å². The van der Waals surface area contributed by atoms with Crippen LogP contribution in [0.25, 0.3) is 0 Å². The zero-order valence-electron chi connectivity index (χ0n) is 6.62. The third-order valence-electron chi connectivity index (χ3n) is 1.16. The number of aldehydes is 1. The molecule has 0 heterocycles. The molecule has 0 radical (unpaired) electrons. The standard InChI is InChI=1S/C7H6ClNO.CH4O/c8-6-3-5(4-10)1-2-7(6)9;1-2/h1-4H,9H2;2H,1H3. The highest BCUT2D eigenvalue weighted by Crippen LogP contribution is 2.18. The molecule has 0 atom stereocenters. The molecule has 1 aromatic carbocycles. The lowest BCUT2D eigenvalue weighted by Crippen LogP contribution is -1.87. The van der Waals surface area contributed by atoms with E-state index < -0.39 is 0 Å². The van der Waals surface area contributed by atoms with E-state index in [1.165, 1.54) is 6.07 Å². The molecule has 0 fully saturated rings. The lowest BCUT2D eigenvalue weighted by Gasteiger charge is -1.95. The van der Waals surface area contributed by atoms with Gasteiger partial charge in [0.05, 0.1) is 10.7 Å². The quantitative estimate of drug-likeness (QED) is 0.515. The van der Waals surface area contributed by atoms with Gasteiger partial charge in [-0.3, -0.25) is 4.79 Å². The van der Waals surface area contributed by atoms with Gasteiger partial charge in [0.1, 0.15) is 6.29 Å². The molecule has 0 spiro atoms. The SMILES string of the molecule is CO.Nc1ccc(C=O)cc1Cl. The first-order valence-corrected chi connectivity index (χ1v) is 3.57. The topological polar surface area (TPSA) is 63.3 Å². The van der Waals surface area contributed by atoms with Crippen molar-refractivity contribution in [2.45, 2.75) is 0 Å². The smallest absolute Gasteiger partial charge is 0.150 e. The van der Waals surface area contributed by atoms with Gasteiger partial charge in [0.25, 0.3) is 0 Å². The summed E-state index contributed by atoms with van der Waals surface area (Å²) in [6.07, 6.45) is 0.728. The summed E-state index contributed by atoms with van der Waals surface area (Å²) in [7, 11) is 1.00. The van der Waals surface area contributed by atoms with E-state index in [1.54, 1.807) is 12.1 Å². The van der Waals surface area contributed by atoms with E-state index in [9.17, 15) is 4.79 Å². The van der Waals surface area contributed by atoms with Crippen LogP contribution in [0.5, 0.6) is 0 Å². The Balaban J connectivity index is 0.000000561. The van der Waals surface area contributed by atoms with E-state index in [0.29, 0.717) is 16.3 Å². The van der Waals surface area contributed by atoms with Gasteiger partial charge < -0.3 is 10.8 Å². The molecule has 0 saturated carbocycles. The number of aliphatic hydroxyl groups excluding tert-OH is 1. The van der Waals surface area contributed by atoms with E-state index in [-0.39, 0.29) is 0 Å². The van der Waals surface area contributed by atoms with Crippen molar-refractivity contribution in [3.63, 3.8) is 0 Å². The van der Waals surface area contributed by atoms with Crippen molar-refractivity contribution < 1.29 is 9.90 Å². The summed E-state index contributed by atoms with van der Waals surface area (Å²) >= 11 is 5.61. The molecule has 0 bridgehead atoms. The van der Waals surface area contributed by atoms with E-state index in [2.05, 4.69) is 0 Å². The number of anilines is 1. The van der Waals surface area contributed by atoms with Crippen molar-refractivity contribution in [1.29, 1.82) is 0 Å². The number of halogens is 1. The maximum atomic E-state index is 10.2. The summed E-state index contributed by atoms with van der Waals surface area (Å²) in [5.74, 6) is 0. The first-order chi connectivity index (χ1) is 5.74. The number of hydrogen-bond donors (Lipinski definition) is 2. The summed E-state index contributed by atoms with van der Waals surface area (Å²) in [5, 5.41) is 7.42. The number of hydrogen-bond acceptors (Lipinski definition) is 3. The van der Waals surface area contributed by atoms with E-state index in [4.69, 9.17) is 22.4 Å². The highest BCUT2D eigenvalue weighted by molar-refractivity contribution is 6.33. The van der Waals surface area contributed by atoms with Gasteiger partial charge in [-0.1, -0.05) is 11.6 Å². The molecule has 0 aliphatic heterocycles. The third-order valence-corrected chi connectivity index (χ3v) is 1.49. The summed E-state index contributed by atoms with van der Waals surface area (Å²) < 4.78 is 0. The van der Waals surface area contributed by atoms with Gasteiger partial charge in [-0.15, -0.1) is 0 Å². The predicted molar refractivity (Wildman–Crippen MR) is 49.4 cm³/mol. The Morgan fingerprint density at radius 3 is 2.50 bits per heavy atom. The molecule has 66 valence electrons. The number of rotatable bonds is 1. The third kappa shape index (κ3) is 2.90.